The monoisotopic (exact) mass is 299 g/mol. The van der Waals surface area contributed by atoms with Crippen molar-refractivity contribution in [3.63, 3.8) is 0 Å². The molecule has 0 bridgehead atoms. The molecule has 2 rings (SSSR count). The van der Waals surface area contributed by atoms with Crippen LogP contribution in [-0.2, 0) is 0 Å². The Hall–Kier alpha value is -0.870. The van der Waals surface area contributed by atoms with Crippen LogP contribution in [0.3, 0.4) is 0 Å². The molecule has 0 saturated heterocycles. The first-order valence-corrected chi connectivity index (χ1v) is 6.59. The molecule has 2 aromatic rings. The van der Waals surface area contributed by atoms with Gasteiger partial charge in [-0.1, -0.05) is 6.07 Å². The molecule has 0 spiro atoms. The van der Waals surface area contributed by atoms with Gasteiger partial charge in [0.2, 0.25) is 0 Å². The number of benzene rings is 1. The lowest BCUT2D eigenvalue weighted by atomic mass is 10.2. The summed E-state index contributed by atoms with van der Waals surface area (Å²) < 4.78 is 14.0. The third-order valence-corrected chi connectivity index (χ3v) is 4.02. The summed E-state index contributed by atoms with van der Waals surface area (Å²) in [4.78, 5) is 1.23. The van der Waals surface area contributed by atoms with Crippen molar-refractivity contribution in [2.75, 3.05) is 5.32 Å². The van der Waals surface area contributed by atoms with Crippen LogP contribution >= 0.6 is 27.3 Å². The highest BCUT2D eigenvalue weighted by atomic mass is 79.9. The van der Waals surface area contributed by atoms with E-state index in [0.717, 1.165) is 10.2 Å². The highest BCUT2D eigenvalue weighted by Gasteiger charge is 2.08. The van der Waals surface area contributed by atoms with Crippen LogP contribution in [0.25, 0.3) is 0 Å². The molecule has 16 heavy (non-hydrogen) atoms. The van der Waals surface area contributed by atoms with E-state index in [1.165, 1.54) is 17.0 Å². The van der Waals surface area contributed by atoms with Gasteiger partial charge in [0, 0.05) is 9.35 Å². The van der Waals surface area contributed by atoms with Crippen LogP contribution in [0.15, 0.2) is 40.2 Å². The van der Waals surface area contributed by atoms with E-state index >= 15 is 0 Å². The first kappa shape index (κ1) is 11.6. The highest BCUT2D eigenvalue weighted by Crippen LogP contribution is 2.28. The van der Waals surface area contributed by atoms with E-state index in [2.05, 4.69) is 34.2 Å². The second kappa shape index (κ2) is 4.97. The lowest BCUT2D eigenvalue weighted by molar-refractivity contribution is 0.627. The van der Waals surface area contributed by atoms with E-state index < -0.39 is 0 Å². The van der Waals surface area contributed by atoms with E-state index in [1.807, 2.05) is 11.4 Å². The van der Waals surface area contributed by atoms with Gasteiger partial charge in [-0.3, -0.25) is 0 Å². The van der Waals surface area contributed by atoms with Crippen LogP contribution in [0.2, 0.25) is 0 Å². The fourth-order valence-corrected chi connectivity index (χ4v) is 2.55. The molecule has 1 aromatic carbocycles. The second-order valence-corrected chi connectivity index (χ2v) is 5.34. The van der Waals surface area contributed by atoms with Crippen LogP contribution in [0.4, 0.5) is 10.1 Å². The van der Waals surface area contributed by atoms with Gasteiger partial charge in [0.25, 0.3) is 0 Å². The van der Waals surface area contributed by atoms with Gasteiger partial charge in [-0.05, 0) is 52.5 Å². The molecule has 1 aromatic heterocycles. The van der Waals surface area contributed by atoms with Crippen LogP contribution in [-0.4, -0.2) is 0 Å². The number of hydrogen-bond donors (Lipinski definition) is 1. The van der Waals surface area contributed by atoms with E-state index in [-0.39, 0.29) is 11.9 Å². The molecule has 4 heteroatoms. The van der Waals surface area contributed by atoms with Gasteiger partial charge in [0.05, 0.1) is 11.7 Å². The third kappa shape index (κ3) is 2.62. The van der Waals surface area contributed by atoms with Crippen molar-refractivity contribution in [3.05, 3.63) is 50.9 Å². The quantitative estimate of drug-likeness (QED) is 0.856. The average Bonchev–Trinajstić information content (AvgIpc) is 2.76. The lowest BCUT2D eigenvalue weighted by Gasteiger charge is -2.15. The molecule has 1 nitrogen and oxygen atoms in total. The number of thiophene rings is 1. The SMILES string of the molecule is CC(Nc1cc(F)ccc1Br)c1cccs1. The summed E-state index contributed by atoms with van der Waals surface area (Å²) in [7, 11) is 0. The zero-order chi connectivity index (χ0) is 11.5. The van der Waals surface area contributed by atoms with Gasteiger partial charge in [-0.2, -0.15) is 0 Å². The highest BCUT2D eigenvalue weighted by molar-refractivity contribution is 9.10. The molecule has 0 aliphatic carbocycles. The number of rotatable bonds is 3. The maximum Gasteiger partial charge on any atom is 0.125 e. The molecule has 0 aliphatic rings. The topological polar surface area (TPSA) is 12.0 Å². The van der Waals surface area contributed by atoms with Crippen molar-refractivity contribution >= 4 is 33.0 Å². The Balaban J connectivity index is 2.17. The van der Waals surface area contributed by atoms with Crippen LogP contribution in [0, 0.1) is 5.82 Å². The minimum absolute atomic E-state index is 0.179. The number of nitrogens with one attached hydrogen (secondary N) is 1. The first-order valence-electron chi connectivity index (χ1n) is 4.92. The van der Waals surface area contributed by atoms with Crippen molar-refractivity contribution < 1.29 is 4.39 Å². The van der Waals surface area contributed by atoms with Crippen molar-refractivity contribution in [1.29, 1.82) is 0 Å². The van der Waals surface area contributed by atoms with E-state index in [4.69, 9.17) is 0 Å². The summed E-state index contributed by atoms with van der Waals surface area (Å²) >= 11 is 5.09. The molecular formula is C12H11BrFNS. The predicted molar refractivity (Wildman–Crippen MR) is 70.5 cm³/mol. The van der Waals surface area contributed by atoms with Gasteiger partial charge < -0.3 is 5.32 Å². The van der Waals surface area contributed by atoms with Crippen LogP contribution in [0.5, 0.6) is 0 Å². The van der Waals surface area contributed by atoms with Crippen molar-refractivity contribution in [1.82, 2.24) is 0 Å². The molecule has 1 atom stereocenters. The minimum atomic E-state index is -0.232. The van der Waals surface area contributed by atoms with Gasteiger partial charge in [0.15, 0.2) is 0 Å². The third-order valence-electron chi connectivity index (χ3n) is 2.27. The molecule has 0 aliphatic heterocycles. The molecule has 0 saturated carbocycles. The fourth-order valence-electron chi connectivity index (χ4n) is 1.45. The van der Waals surface area contributed by atoms with Gasteiger partial charge >= 0.3 is 0 Å². The fraction of sp³-hybridized carbons (Fsp3) is 0.167. The zero-order valence-corrected chi connectivity index (χ0v) is 11.1. The Kier molecular flexibility index (Phi) is 3.61. The zero-order valence-electron chi connectivity index (χ0n) is 8.71. The molecule has 0 fully saturated rings. The van der Waals surface area contributed by atoms with Crippen molar-refractivity contribution in [3.8, 4) is 0 Å². The van der Waals surface area contributed by atoms with E-state index in [0.29, 0.717) is 0 Å². The maximum absolute atomic E-state index is 13.1. The van der Waals surface area contributed by atoms with Crippen LogP contribution in [0.1, 0.15) is 17.8 Å². The van der Waals surface area contributed by atoms with Gasteiger partial charge in [-0.15, -0.1) is 11.3 Å². The van der Waals surface area contributed by atoms with Crippen LogP contribution < -0.4 is 5.32 Å². The van der Waals surface area contributed by atoms with Gasteiger partial charge in [-0.25, -0.2) is 4.39 Å². The minimum Gasteiger partial charge on any atom is -0.377 e. The first-order chi connectivity index (χ1) is 7.66. The smallest absolute Gasteiger partial charge is 0.125 e. The molecule has 84 valence electrons. The molecule has 0 amide bonds. The standard InChI is InChI=1S/C12H11BrFNS/c1-8(12-3-2-6-16-12)15-11-7-9(14)4-5-10(11)13/h2-8,15H,1H3. The maximum atomic E-state index is 13.1. The average molecular weight is 300 g/mol. The Bertz CT molecular complexity index is 470. The summed E-state index contributed by atoms with van der Waals surface area (Å²) in [5.41, 5.74) is 0.779. The summed E-state index contributed by atoms with van der Waals surface area (Å²) in [6.45, 7) is 2.06. The van der Waals surface area contributed by atoms with Crippen molar-refractivity contribution in [2.45, 2.75) is 13.0 Å². The van der Waals surface area contributed by atoms with Crippen molar-refractivity contribution in [2.24, 2.45) is 0 Å². The lowest BCUT2D eigenvalue weighted by Crippen LogP contribution is -2.05. The van der Waals surface area contributed by atoms with E-state index in [1.54, 1.807) is 17.4 Å². The van der Waals surface area contributed by atoms with E-state index in [9.17, 15) is 4.39 Å². The normalized spacial score (nSPS) is 12.4. The summed E-state index contributed by atoms with van der Waals surface area (Å²) in [6, 6.07) is 8.89. The largest absolute Gasteiger partial charge is 0.377 e. The Morgan fingerprint density at radius 1 is 1.38 bits per heavy atom. The second-order valence-electron chi connectivity index (χ2n) is 3.51. The molecule has 1 N–H and O–H groups in total. The number of anilines is 1. The predicted octanol–water partition coefficient (Wildman–Crippen LogP) is 4.82. The molecule has 1 unspecified atom stereocenters. The Morgan fingerprint density at radius 2 is 2.19 bits per heavy atom. The number of hydrogen-bond acceptors (Lipinski definition) is 2. The molecular weight excluding hydrogens is 289 g/mol. The van der Waals surface area contributed by atoms with Gasteiger partial charge in [0.1, 0.15) is 5.82 Å². The number of halogens is 2. The summed E-state index contributed by atoms with van der Waals surface area (Å²) in [5.74, 6) is -0.232. The summed E-state index contributed by atoms with van der Waals surface area (Å²) in [5, 5.41) is 5.31. The summed E-state index contributed by atoms with van der Waals surface area (Å²) in [6.07, 6.45) is 0. The Morgan fingerprint density at radius 3 is 2.88 bits per heavy atom. The Labute approximate surface area is 106 Å². The molecule has 0 radical (unpaired) electrons. The molecule has 1 heterocycles.